The summed E-state index contributed by atoms with van der Waals surface area (Å²) in [7, 11) is 0. The van der Waals surface area contributed by atoms with E-state index in [2.05, 4.69) is 13.8 Å². The van der Waals surface area contributed by atoms with E-state index < -0.39 is 12.0 Å². The summed E-state index contributed by atoms with van der Waals surface area (Å²) in [5.41, 5.74) is 5.66. The molecule has 0 saturated carbocycles. The van der Waals surface area contributed by atoms with Crippen molar-refractivity contribution in [1.82, 2.24) is 4.90 Å². The molecule has 0 spiro atoms. The van der Waals surface area contributed by atoms with Gasteiger partial charge in [0, 0.05) is 13.1 Å². The molecule has 5 nitrogen and oxygen atoms in total. The molecule has 1 rings (SSSR count). The Kier molecular flexibility index (Phi) is 6.28. The van der Waals surface area contributed by atoms with E-state index in [0.717, 1.165) is 19.3 Å². The summed E-state index contributed by atoms with van der Waals surface area (Å²) in [6, 6.07) is -1.17. The van der Waals surface area contributed by atoms with Gasteiger partial charge < -0.3 is 15.4 Å². The molecule has 1 aliphatic heterocycles. The fraction of sp³-hybridized carbons (Fsp3) is 0.857. The van der Waals surface area contributed by atoms with Gasteiger partial charge in [-0.1, -0.05) is 13.8 Å². The van der Waals surface area contributed by atoms with E-state index in [9.17, 15) is 9.59 Å². The van der Waals surface area contributed by atoms with Crippen LogP contribution in [0.2, 0.25) is 0 Å². The van der Waals surface area contributed by atoms with Crippen LogP contribution in [0.15, 0.2) is 0 Å². The number of nitrogens with two attached hydrogens (primary N) is 1. The minimum atomic E-state index is -1.17. The highest BCUT2D eigenvalue weighted by molar-refractivity contribution is 6.01. The van der Waals surface area contributed by atoms with E-state index >= 15 is 0 Å². The molecular formula is C14H26N2O3. The molecule has 1 aliphatic rings. The molecule has 0 aromatic heterocycles. The maximum absolute atomic E-state index is 12.1. The molecule has 1 amide bonds. The van der Waals surface area contributed by atoms with Crippen molar-refractivity contribution in [3.8, 4) is 0 Å². The summed E-state index contributed by atoms with van der Waals surface area (Å²) in [6.07, 6.45) is 3.10. The van der Waals surface area contributed by atoms with Gasteiger partial charge in [0.1, 0.15) is 0 Å². The minimum Gasteiger partial charge on any atom is -0.464 e. The normalized spacial score (nSPS) is 21.9. The number of carbonyl (C=O) groups is 2. The summed E-state index contributed by atoms with van der Waals surface area (Å²) in [6.45, 7) is 7.76. The fourth-order valence-corrected chi connectivity index (χ4v) is 2.54. The molecule has 2 atom stereocenters. The highest BCUT2D eigenvalue weighted by atomic mass is 16.5. The molecule has 1 fully saturated rings. The molecule has 0 aromatic rings. The van der Waals surface area contributed by atoms with Crippen molar-refractivity contribution >= 4 is 11.9 Å². The summed E-state index contributed by atoms with van der Waals surface area (Å²) in [4.78, 5) is 25.3. The lowest BCUT2D eigenvalue weighted by molar-refractivity contribution is -0.150. The predicted molar refractivity (Wildman–Crippen MR) is 73.4 cm³/mol. The van der Waals surface area contributed by atoms with Crippen molar-refractivity contribution in [2.24, 2.45) is 17.6 Å². The Morgan fingerprint density at radius 1 is 1.32 bits per heavy atom. The molecule has 0 radical (unpaired) electrons. The Morgan fingerprint density at radius 2 is 2.00 bits per heavy atom. The first-order chi connectivity index (χ1) is 8.97. The number of rotatable bonds is 4. The van der Waals surface area contributed by atoms with Gasteiger partial charge in [-0.25, -0.2) is 4.79 Å². The molecule has 1 saturated heterocycles. The largest absolute Gasteiger partial charge is 0.464 e. The lowest BCUT2D eigenvalue weighted by Crippen LogP contribution is -2.49. The van der Waals surface area contributed by atoms with Gasteiger partial charge >= 0.3 is 5.97 Å². The third-order valence-electron chi connectivity index (χ3n) is 3.83. The van der Waals surface area contributed by atoms with E-state index in [1.54, 1.807) is 11.8 Å². The fourth-order valence-electron chi connectivity index (χ4n) is 2.54. The average Bonchev–Trinajstić information content (AvgIpc) is 2.63. The van der Waals surface area contributed by atoms with Crippen molar-refractivity contribution in [3.63, 3.8) is 0 Å². The van der Waals surface area contributed by atoms with Gasteiger partial charge in [0.25, 0.3) is 5.91 Å². The van der Waals surface area contributed by atoms with E-state index in [1.807, 2.05) is 0 Å². The number of likely N-dealkylation sites (tertiary alicyclic amines) is 1. The highest BCUT2D eigenvalue weighted by Crippen LogP contribution is 2.24. The second-order valence-corrected chi connectivity index (χ2v) is 5.49. The Morgan fingerprint density at radius 3 is 2.58 bits per heavy atom. The lowest BCUT2D eigenvalue weighted by atomic mass is 9.89. The van der Waals surface area contributed by atoms with Crippen molar-refractivity contribution in [2.45, 2.75) is 46.1 Å². The minimum absolute atomic E-state index is 0.245. The van der Waals surface area contributed by atoms with Crippen LogP contribution in [0.5, 0.6) is 0 Å². The molecule has 19 heavy (non-hydrogen) atoms. The molecule has 0 aromatic carbocycles. The number of ether oxygens (including phenoxy) is 1. The Hall–Kier alpha value is -1.10. The van der Waals surface area contributed by atoms with Gasteiger partial charge in [0.15, 0.2) is 6.04 Å². The third-order valence-corrected chi connectivity index (χ3v) is 3.83. The number of hydrogen-bond acceptors (Lipinski definition) is 4. The molecule has 110 valence electrons. The number of nitrogens with zero attached hydrogens (tertiary/aromatic N) is 1. The Bertz CT molecular complexity index is 318. The zero-order valence-electron chi connectivity index (χ0n) is 12.2. The molecule has 0 bridgehead atoms. The van der Waals surface area contributed by atoms with Crippen LogP contribution in [-0.4, -0.2) is 42.5 Å². The maximum atomic E-state index is 12.1. The van der Waals surface area contributed by atoms with Gasteiger partial charge in [-0.3, -0.25) is 4.79 Å². The number of amides is 1. The van der Waals surface area contributed by atoms with Gasteiger partial charge in [0.05, 0.1) is 6.61 Å². The van der Waals surface area contributed by atoms with Crippen LogP contribution in [0.3, 0.4) is 0 Å². The van der Waals surface area contributed by atoms with E-state index in [1.165, 1.54) is 0 Å². The van der Waals surface area contributed by atoms with Crippen LogP contribution >= 0.6 is 0 Å². The van der Waals surface area contributed by atoms with Crippen LogP contribution in [0, 0.1) is 11.8 Å². The quantitative estimate of drug-likeness (QED) is 0.614. The monoisotopic (exact) mass is 270 g/mol. The lowest BCUT2D eigenvalue weighted by Gasteiger charge is -2.23. The van der Waals surface area contributed by atoms with Crippen molar-refractivity contribution in [3.05, 3.63) is 0 Å². The molecule has 2 N–H and O–H groups in total. The summed E-state index contributed by atoms with van der Waals surface area (Å²) < 4.78 is 4.79. The van der Waals surface area contributed by atoms with Gasteiger partial charge in [-0.05, 0) is 38.0 Å². The maximum Gasteiger partial charge on any atom is 0.332 e. The van der Waals surface area contributed by atoms with Crippen LogP contribution in [-0.2, 0) is 14.3 Å². The molecule has 2 unspecified atom stereocenters. The molecule has 1 heterocycles. The summed E-state index contributed by atoms with van der Waals surface area (Å²) >= 11 is 0. The standard InChI is InChI=1S/C14H26N2O3/c1-4-19-14(18)12(15)13(17)16-8-5-6-11(7-9-16)10(2)3/h10-12H,4-9,15H2,1-3H3. The first kappa shape index (κ1) is 16.0. The number of esters is 1. The van der Waals surface area contributed by atoms with Crippen molar-refractivity contribution in [2.75, 3.05) is 19.7 Å². The van der Waals surface area contributed by atoms with E-state index in [4.69, 9.17) is 10.5 Å². The van der Waals surface area contributed by atoms with Gasteiger partial charge in [-0.2, -0.15) is 0 Å². The second kappa shape index (κ2) is 7.48. The van der Waals surface area contributed by atoms with E-state index in [0.29, 0.717) is 24.9 Å². The smallest absolute Gasteiger partial charge is 0.332 e. The van der Waals surface area contributed by atoms with Crippen molar-refractivity contribution < 1.29 is 14.3 Å². The van der Waals surface area contributed by atoms with Crippen LogP contribution in [0.1, 0.15) is 40.0 Å². The first-order valence-corrected chi connectivity index (χ1v) is 7.18. The zero-order valence-corrected chi connectivity index (χ0v) is 12.2. The van der Waals surface area contributed by atoms with Crippen LogP contribution < -0.4 is 5.73 Å². The van der Waals surface area contributed by atoms with Crippen LogP contribution in [0.25, 0.3) is 0 Å². The molecule has 0 aliphatic carbocycles. The second-order valence-electron chi connectivity index (χ2n) is 5.49. The predicted octanol–water partition coefficient (Wildman–Crippen LogP) is 1.16. The zero-order chi connectivity index (χ0) is 14.4. The summed E-state index contributed by atoms with van der Waals surface area (Å²) in [5.74, 6) is 0.352. The number of hydrogen-bond donors (Lipinski definition) is 1. The topological polar surface area (TPSA) is 72.6 Å². The SMILES string of the molecule is CCOC(=O)C(N)C(=O)N1CCCC(C(C)C)CC1. The average molecular weight is 270 g/mol. The van der Waals surface area contributed by atoms with Crippen LogP contribution in [0.4, 0.5) is 0 Å². The Labute approximate surface area is 115 Å². The van der Waals surface area contributed by atoms with Gasteiger partial charge in [0.2, 0.25) is 0 Å². The first-order valence-electron chi connectivity index (χ1n) is 7.18. The highest BCUT2D eigenvalue weighted by Gasteiger charge is 2.30. The Balaban J connectivity index is 2.55. The summed E-state index contributed by atoms with van der Waals surface area (Å²) in [5, 5.41) is 0. The number of carbonyl (C=O) groups excluding carboxylic acids is 2. The third kappa shape index (κ3) is 4.49. The van der Waals surface area contributed by atoms with Crippen molar-refractivity contribution in [1.29, 1.82) is 0 Å². The van der Waals surface area contributed by atoms with E-state index in [-0.39, 0.29) is 12.5 Å². The van der Waals surface area contributed by atoms with Gasteiger partial charge in [-0.15, -0.1) is 0 Å². The molecule has 5 heteroatoms. The molecular weight excluding hydrogens is 244 g/mol.